The maximum Gasteiger partial charge on any atom is 0.270 e. The number of likely N-dealkylation sites (tertiary alicyclic amines) is 1. The van der Waals surface area contributed by atoms with Crippen molar-refractivity contribution < 1.29 is 14.3 Å². The number of morpholine rings is 1. The Balaban J connectivity index is 1.40. The Morgan fingerprint density at radius 1 is 1.10 bits per heavy atom. The molecular weight excluding hydrogens is 384 g/mol. The second-order valence-corrected chi connectivity index (χ2v) is 8.61. The molecule has 0 aliphatic carbocycles. The van der Waals surface area contributed by atoms with Crippen LogP contribution >= 0.6 is 0 Å². The van der Waals surface area contributed by atoms with Crippen molar-refractivity contribution in [3.05, 3.63) is 30.2 Å². The van der Waals surface area contributed by atoms with Crippen LogP contribution in [0.1, 0.15) is 37.2 Å². The molecule has 2 amide bonds. The number of aromatic nitrogens is 3. The number of carbonyl (C=O) groups is 2. The fraction of sp³-hybridized carbons (Fsp3) is 0.619. The number of nitrogens with one attached hydrogen (secondary N) is 1. The molecule has 30 heavy (non-hydrogen) atoms. The van der Waals surface area contributed by atoms with Gasteiger partial charge in [0.1, 0.15) is 12.0 Å². The number of fused-ring (bicyclic) bond motifs is 1. The number of pyridine rings is 1. The summed E-state index contributed by atoms with van der Waals surface area (Å²) in [6.45, 7) is 6.71. The summed E-state index contributed by atoms with van der Waals surface area (Å²) >= 11 is 0. The van der Waals surface area contributed by atoms with Crippen molar-refractivity contribution >= 4 is 17.5 Å². The summed E-state index contributed by atoms with van der Waals surface area (Å²) in [5, 5.41) is 7.27. The Bertz CT molecular complexity index is 905. The molecule has 4 heterocycles. The van der Waals surface area contributed by atoms with Crippen LogP contribution in [0.3, 0.4) is 0 Å². The lowest BCUT2D eigenvalue weighted by atomic mass is 9.99. The molecular formula is C21H30N6O3. The van der Waals surface area contributed by atoms with E-state index in [1.807, 2.05) is 31.9 Å². The van der Waals surface area contributed by atoms with Gasteiger partial charge in [-0.05, 0) is 45.9 Å². The molecule has 0 radical (unpaired) electrons. The van der Waals surface area contributed by atoms with Crippen LogP contribution in [0.2, 0.25) is 0 Å². The first-order valence-electron chi connectivity index (χ1n) is 10.6. The van der Waals surface area contributed by atoms with E-state index in [1.165, 1.54) is 6.33 Å². The lowest BCUT2D eigenvalue weighted by Crippen LogP contribution is -2.51. The maximum absolute atomic E-state index is 13.1. The highest BCUT2D eigenvalue weighted by Gasteiger charge is 2.33. The molecule has 9 heteroatoms. The number of hydrogen-bond acceptors (Lipinski definition) is 6. The third kappa shape index (κ3) is 4.46. The minimum atomic E-state index is -0.176. The molecule has 4 rings (SSSR count). The van der Waals surface area contributed by atoms with E-state index in [9.17, 15) is 9.59 Å². The van der Waals surface area contributed by atoms with E-state index in [1.54, 1.807) is 16.6 Å². The number of rotatable bonds is 3. The topological polar surface area (TPSA) is 92.1 Å². The van der Waals surface area contributed by atoms with Crippen LogP contribution in [-0.2, 0) is 9.53 Å². The van der Waals surface area contributed by atoms with Crippen molar-refractivity contribution in [2.24, 2.45) is 5.92 Å². The van der Waals surface area contributed by atoms with Gasteiger partial charge >= 0.3 is 0 Å². The number of likely N-dealkylation sites (N-methyl/N-ethyl adjacent to an activating group) is 1. The molecule has 1 N–H and O–H groups in total. The number of carbonyl (C=O) groups excluding carboxylic acids is 2. The Labute approximate surface area is 176 Å². The quantitative estimate of drug-likeness (QED) is 0.799. The highest BCUT2D eigenvalue weighted by Crippen LogP contribution is 2.21. The zero-order valence-electron chi connectivity index (χ0n) is 17.8. The first-order valence-corrected chi connectivity index (χ1v) is 10.6. The molecule has 2 fully saturated rings. The van der Waals surface area contributed by atoms with Gasteiger partial charge in [0.05, 0.1) is 18.1 Å². The fourth-order valence-electron chi connectivity index (χ4n) is 4.62. The number of ether oxygens (including phenoxy) is 1. The molecule has 0 saturated carbocycles. The molecule has 2 saturated heterocycles. The van der Waals surface area contributed by atoms with Gasteiger partial charge in [-0.2, -0.15) is 5.10 Å². The third-order valence-corrected chi connectivity index (χ3v) is 5.88. The van der Waals surface area contributed by atoms with Crippen molar-refractivity contribution in [3.8, 4) is 0 Å². The number of nitrogens with zero attached hydrogens (tertiary/aromatic N) is 5. The van der Waals surface area contributed by atoms with Gasteiger partial charge in [-0.3, -0.25) is 9.59 Å². The zero-order chi connectivity index (χ0) is 21.3. The van der Waals surface area contributed by atoms with Crippen LogP contribution in [-0.4, -0.2) is 87.7 Å². The normalized spacial score (nSPS) is 28.3. The monoisotopic (exact) mass is 414 g/mol. The smallest absolute Gasteiger partial charge is 0.270 e. The molecule has 2 aromatic heterocycles. The average molecular weight is 415 g/mol. The average Bonchev–Trinajstić information content (AvgIpc) is 3.10. The second kappa shape index (κ2) is 8.69. The van der Waals surface area contributed by atoms with Gasteiger partial charge in [-0.15, -0.1) is 0 Å². The summed E-state index contributed by atoms with van der Waals surface area (Å²) in [6, 6.07) is 5.33. The van der Waals surface area contributed by atoms with Crippen LogP contribution in [0.25, 0.3) is 5.65 Å². The summed E-state index contributed by atoms with van der Waals surface area (Å²) in [5.41, 5.74) is 1.10. The van der Waals surface area contributed by atoms with Crippen molar-refractivity contribution in [3.63, 3.8) is 0 Å². The molecule has 9 nitrogen and oxygen atoms in total. The summed E-state index contributed by atoms with van der Waals surface area (Å²) in [6.07, 6.45) is 3.08. The Morgan fingerprint density at radius 3 is 2.63 bits per heavy atom. The van der Waals surface area contributed by atoms with Crippen LogP contribution in [0.4, 0.5) is 0 Å². The van der Waals surface area contributed by atoms with E-state index in [2.05, 4.69) is 20.3 Å². The largest absolute Gasteiger partial charge is 0.372 e. The number of amides is 2. The maximum atomic E-state index is 13.1. The van der Waals surface area contributed by atoms with Crippen molar-refractivity contribution in [2.45, 2.75) is 44.9 Å². The minimum Gasteiger partial charge on any atom is -0.372 e. The minimum absolute atomic E-state index is 0.0263. The van der Waals surface area contributed by atoms with E-state index in [0.717, 1.165) is 12.8 Å². The highest BCUT2D eigenvalue weighted by molar-refractivity contribution is 5.93. The van der Waals surface area contributed by atoms with Gasteiger partial charge in [0.25, 0.3) is 5.91 Å². The van der Waals surface area contributed by atoms with E-state index in [-0.39, 0.29) is 36.0 Å². The Morgan fingerprint density at radius 2 is 1.87 bits per heavy atom. The first kappa shape index (κ1) is 20.7. The van der Waals surface area contributed by atoms with Gasteiger partial charge in [0.15, 0.2) is 5.65 Å². The summed E-state index contributed by atoms with van der Waals surface area (Å²) in [4.78, 5) is 34.2. The molecule has 4 atom stereocenters. The molecule has 2 aliphatic heterocycles. The molecule has 0 unspecified atom stereocenters. The van der Waals surface area contributed by atoms with E-state index in [4.69, 9.17) is 4.74 Å². The van der Waals surface area contributed by atoms with Crippen LogP contribution in [0.5, 0.6) is 0 Å². The summed E-state index contributed by atoms with van der Waals surface area (Å²) in [7, 11) is 2.01. The Hall–Kier alpha value is -2.52. The van der Waals surface area contributed by atoms with E-state index in [0.29, 0.717) is 37.5 Å². The van der Waals surface area contributed by atoms with Crippen LogP contribution in [0, 0.1) is 5.92 Å². The first-order chi connectivity index (χ1) is 14.4. The Kier molecular flexibility index (Phi) is 6.01. The van der Waals surface area contributed by atoms with Gasteiger partial charge in [-0.25, -0.2) is 9.50 Å². The van der Waals surface area contributed by atoms with E-state index >= 15 is 0 Å². The summed E-state index contributed by atoms with van der Waals surface area (Å²) < 4.78 is 7.31. The SMILES string of the molecule is C[C@@H]1CN(C(=O)[C@@H]2CC[C@H](NC(=O)c3cccc4ncnn34)CN(C)C2)C[C@H](C)O1. The predicted molar refractivity (Wildman–Crippen MR) is 111 cm³/mol. The molecule has 0 aromatic carbocycles. The van der Waals surface area contributed by atoms with Crippen molar-refractivity contribution in [2.75, 3.05) is 33.2 Å². The van der Waals surface area contributed by atoms with Gasteiger partial charge in [0.2, 0.25) is 5.91 Å². The fourth-order valence-corrected chi connectivity index (χ4v) is 4.62. The highest BCUT2D eigenvalue weighted by atomic mass is 16.5. The molecule has 2 aliphatic rings. The van der Waals surface area contributed by atoms with Gasteiger partial charge < -0.3 is 19.9 Å². The lowest BCUT2D eigenvalue weighted by Gasteiger charge is -2.37. The van der Waals surface area contributed by atoms with Crippen LogP contribution < -0.4 is 5.32 Å². The molecule has 162 valence electrons. The van der Waals surface area contributed by atoms with Crippen molar-refractivity contribution in [1.82, 2.24) is 29.7 Å². The van der Waals surface area contributed by atoms with Gasteiger partial charge in [0, 0.05) is 32.2 Å². The van der Waals surface area contributed by atoms with Crippen LogP contribution in [0.15, 0.2) is 24.5 Å². The second-order valence-electron chi connectivity index (χ2n) is 8.61. The predicted octanol–water partition coefficient (Wildman–Crippen LogP) is 0.805. The molecule has 0 bridgehead atoms. The third-order valence-electron chi connectivity index (χ3n) is 5.88. The summed E-state index contributed by atoms with van der Waals surface area (Å²) in [5.74, 6) is -0.0403. The van der Waals surface area contributed by atoms with E-state index < -0.39 is 0 Å². The standard InChI is InChI=1S/C21H30N6O3/c1-14-9-26(10-15(2)30-14)21(29)16-7-8-17(12-25(3)11-16)24-20(28)18-5-4-6-19-22-13-23-27(18)19/h4-6,13-17H,7-12H2,1-3H3,(H,24,28)/t14-,15+,16-,17+/m1/s1. The number of hydrogen-bond donors (Lipinski definition) is 1. The van der Waals surface area contributed by atoms with Gasteiger partial charge in [-0.1, -0.05) is 6.07 Å². The van der Waals surface area contributed by atoms with Crippen molar-refractivity contribution in [1.29, 1.82) is 0 Å². The molecule has 0 spiro atoms. The zero-order valence-corrected chi connectivity index (χ0v) is 17.8. The lowest BCUT2D eigenvalue weighted by molar-refractivity contribution is -0.148. The molecule has 2 aromatic rings.